The molecule has 1 heterocycles. The molecule has 2 amide bonds. The molecule has 0 radical (unpaired) electrons. The van der Waals surface area contributed by atoms with E-state index in [-0.39, 0.29) is 17.6 Å². The first kappa shape index (κ1) is 19.6. The van der Waals surface area contributed by atoms with Crippen LogP contribution < -0.4 is 10.1 Å². The van der Waals surface area contributed by atoms with E-state index in [1.54, 1.807) is 6.92 Å². The minimum absolute atomic E-state index is 0.00101. The lowest BCUT2D eigenvalue weighted by atomic mass is 9.87. The first-order valence-electron chi connectivity index (χ1n) is 9.24. The monoisotopic (exact) mass is 348 g/mol. The van der Waals surface area contributed by atoms with Crippen LogP contribution in [0.2, 0.25) is 0 Å². The van der Waals surface area contributed by atoms with Crippen LogP contribution in [-0.4, -0.2) is 48.4 Å². The molecule has 0 aromatic heterocycles. The second kappa shape index (κ2) is 9.09. The Balaban J connectivity index is 1.68. The molecule has 1 saturated heterocycles. The van der Waals surface area contributed by atoms with Gasteiger partial charge in [-0.3, -0.25) is 0 Å². The molecule has 1 aromatic carbocycles. The highest BCUT2D eigenvalue weighted by atomic mass is 16.5. The van der Waals surface area contributed by atoms with Gasteiger partial charge in [0.25, 0.3) is 0 Å². The van der Waals surface area contributed by atoms with E-state index in [1.807, 2.05) is 35.2 Å². The summed E-state index contributed by atoms with van der Waals surface area (Å²) in [6.45, 7) is 8.73. The van der Waals surface area contributed by atoms with E-state index < -0.39 is 0 Å². The van der Waals surface area contributed by atoms with Crippen molar-refractivity contribution < 1.29 is 14.6 Å². The van der Waals surface area contributed by atoms with Crippen molar-refractivity contribution in [3.63, 3.8) is 0 Å². The van der Waals surface area contributed by atoms with Crippen molar-refractivity contribution in [1.82, 2.24) is 10.2 Å². The molecule has 0 spiro atoms. The second-order valence-corrected chi connectivity index (χ2v) is 7.93. The summed E-state index contributed by atoms with van der Waals surface area (Å²) in [5, 5.41) is 12.5. The fraction of sp³-hybridized carbons (Fsp3) is 0.650. The van der Waals surface area contributed by atoms with Gasteiger partial charge in [0, 0.05) is 19.6 Å². The number of hydrogen-bond acceptors (Lipinski definition) is 3. The number of urea groups is 1. The van der Waals surface area contributed by atoms with Gasteiger partial charge in [0.15, 0.2) is 0 Å². The summed E-state index contributed by atoms with van der Waals surface area (Å²) in [6, 6.07) is 9.87. The standard InChI is InChI=1S/C20H32N2O3/c1-16(23)13-20(2,3)15-21-19(24)22-11-9-17(10-12-22)14-25-18-7-5-4-6-8-18/h4-8,16-17,23H,9-15H2,1-3H3,(H,21,24). The molecular weight excluding hydrogens is 316 g/mol. The molecule has 1 aliphatic heterocycles. The molecule has 5 heteroatoms. The molecule has 140 valence electrons. The minimum Gasteiger partial charge on any atom is -0.493 e. The number of piperidine rings is 1. The number of ether oxygens (including phenoxy) is 1. The maximum absolute atomic E-state index is 12.3. The summed E-state index contributed by atoms with van der Waals surface area (Å²) in [5.41, 5.74) is -0.105. The molecule has 1 aromatic rings. The minimum atomic E-state index is -0.354. The molecule has 1 atom stereocenters. The first-order chi connectivity index (χ1) is 11.9. The van der Waals surface area contributed by atoms with Crippen LogP contribution >= 0.6 is 0 Å². The Hall–Kier alpha value is -1.75. The van der Waals surface area contributed by atoms with Crippen LogP contribution in [0.3, 0.4) is 0 Å². The molecule has 1 aliphatic rings. The van der Waals surface area contributed by atoms with Crippen LogP contribution in [0.15, 0.2) is 30.3 Å². The quantitative estimate of drug-likeness (QED) is 0.795. The van der Waals surface area contributed by atoms with E-state index in [1.165, 1.54) is 0 Å². The van der Waals surface area contributed by atoms with E-state index in [4.69, 9.17) is 4.74 Å². The Labute approximate surface area is 151 Å². The first-order valence-corrected chi connectivity index (χ1v) is 9.24. The number of likely N-dealkylation sites (tertiary alicyclic amines) is 1. The van der Waals surface area contributed by atoms with Gasteiger partial charge in [0.2, 0.25) is 0 Å². The van der Waals surface area contributed by atoms with Crippen LogP contribution in [0.25, 0.3) is 0 Å². The number of aliphatic hydroxyl groups is 1. The van der Waals surface area contributed by atoms with Crippen LogP contribution in [-0.2, 0) is 0 Å². The molecule has 0 saturated carbocycles. The van der Waals surface area contributed by atoms with Crippen LogP contribution in [0, 0.1) is 11.3 Å². The predicted molar refractivity (Wildman–Crippen MR) is 99.7 cm³/mol. The maximum atomic E-state index is 12.3. The van der Waals surface area contributed by atoms with Crippen molar-refractivity contribution in [3.8, 4) is 5.75 Å². The zero-order valence-electron chi connectivity index (χ0n) is 15.7. The zero-order valence-corrected chi connectivity index (χ0v) is 15.7. The van der Waals surface area contributed by atoms with E-state index >= 15 is 0 Å². The van der Waals surface area contributed by atoms with E-state index in [0.717, 1.165) is 31.7 Å². The van der Waals surface area contributed by atoms with E-state index in [0.29, 0.717) is 25.5 Å². The smallest absolute Gasteiger partial charge is 0.317 e. The zero-order chi connectivity index (χ0) is 18.3. The van der Waals surface area contributed by atoms with Crippen LogP contribution in [0.1, 0.15) is 40.0 Å². The number of hydrogen-bond donors (Lipinski definition) is 2. The Bertz CT molecular complexity index is 523. The number of carbonyl (C=O) groups excluding carboxylic acids is 1. The molecule has 5 nitrogen and oxygen atoms in total. The number of para-hydroxylation sites is 1. The number of amides is 2. The molecule has 0 aliphatic carbocycles. The van der Waals surface area contributed by atoms with Crippen molar-refractivity contribution >= 4 is 6.03 Å². The van der Waals surface area contributed by atoms with Gasteiger partial charge >= 0.3 is 6.03 Å². The number of carbonyl (C=O) groups is 1. The predicted octanol–water partition coefficient (Wildman–Crippen LogP) is 3.28. The normalized spacial score (nSPS) is 17.2. The topological polar surface area (TPSA) is 61.8 Å². The summed E-state index contributed by atoms with van der Waals surface area (Å²) < 4.78 is 5.83. The summed E-state index contributed by atoms with van der Waals surface area (Å²) in [5.74, 6) is 1.40. The van der Waals surface area contributed by atoms with Crippen LogP contribution in [0.4, 0.5) is 4.79 Å². The highest BCUT2D eigenvalue weighted by molar-refractivity contribution is 5.74. The third-order valence-corrected chi connectivity index (χ3v) is 4.70. The number of aliphatic hydroxyl groups excluding tert-OH is 1. The van der Waals surface area contributed by atoms with Crippen molar-refractivity contribution in [3.05, 3.63) is 30.3 Å². The van der Waals surface area contributed by atoms with Crippen molar-refractivity contribution in [2.24, 2.45) is 11.3 Å². The van der Waals surface area contributed by atoms with Gasteiger partial charge in [-0.15, -0.1) is 0 Å². The fourth-order valence-corrected chi connectivity index (χ4v) is 3.33. The second-order valence-electron chi connectivity index (χ2n) is 7.93. The maximum Gasteiger partial charge on any atom is 0.317 e. The third-order valence-electron chi connectivity index (χ3n) is 4.70. The van der Waals surface area contributed by atoms with Gasteiger partial charge in [-0.05, 0) is 49.7 Å². The van der Waals surface area contributed by atoms with E-state index in [2.05, 4.69) is 19.2 Å². The molecule has 25 heavy (non-hydrogen) atoms. The fourth-order valence-electron chi connectivity index (χ4n) is 3.33. The molecule has 0 bridgehead atoms. The molecular formula is C20H32N2O3. The van der Waals surface area contributed by atoms with Gasteiger partial charge < -0.3 is 20.1 Å². The highest BCUT2D eigenvalue weighted by Crippen LogP contribution is 2.22. The summed E-state index contributed by atoms with van der Waals surface area (Å²) >= 11 is 0. The van der Waals surface area contributed by atoms with Crippen molar-refractivity contribution in [1.29, 1.82) is 0 Å². The molecule has 2 rings (SSSR count). The SMILES string of the molecule is CC(O)CC(C)(C)CNC(=O)N1CCC(COc2ccccc2)CC1. The molecule has 1 unspecified atom stereocenters. The Morgan fingerprint density at radius 1 is 1.32 bits per heavy atom. The Kier molecular flexibility index (Phi) is 7.12. The summed E-state index contributed by atoms with van der Waals surface area (Å²) in [7, 11) is 0. The van der Waals surface area contributed by atoms with Crippen LogP contribution in [0.5, 0.6) is 5.75 Å². The average Bonchev–Trinajstić information content (AvgIpc) is 2.58. The van der Waals surface area contributed by atoms with Gasteiger partial charge in [0.05, 0.1) is 12.7 Å². The van der Waals surface area contributed by atoms with Crippen molar-refractivity contribution in [2.45, 2.75) is 46.1 Å². The number of nitrogens with one attached hydrogen (secondary N) is 1. The third kappa shape index (κ3) is 6.94. The lowest BCUT2D eigenvalue weighted by Crippen LogP contribution is -2.47. The average molecular weight is 348 g/mol. The summed E-state index contributed by atoms with van der Waals surface area (Å²) in [6.07, 6.45) is 2.26. The molecule has 2 N–H and O–H groups in total. The number of rotatable bonds is 7. The lowest BCUT2D eigenvalue weighted by Gasteiger charge is -2.33. The summed E-state index contributed by atoms with van der Waals surface area (Å²) in [4.78, 5) is 14.2. The van der Waals surface area contributed by atoms with Gasteiger partial charge in [0.1, 0.15) is 5.75 Å². The Morgan fingerprint density at radius 2 is 1.96 bits per heavy atom. The van der Waals surface area contributed by atoms with Gasteiger partial charge in [-0.1, -0.05) is 32.0 Å². The highest BCUT2D eigenvalue weighted by Gasteiger charge is 2.26. The lowest BCUT2D eigenvalue weighted by molar-refractivity contribution is 0.121. The number of nitrogens with zero attached hydrogens (tertiary/aromatic N) is 1. The van der Waals surface area contributed by atoms with Crippen molar-refractivity contribution in [2.75, 3.05) is 26.2 Å². The largest absolute Gasteiger partial charge is 0.493 e. The van der Waals surface area contributed by atoms with Gasteiger partial charge in [-0.2, -0.15) is 0 Å². The Morgan fingerprint density at radius 3 is 2.56 bits per heavy atom. The molecule has 1 fully saturated rings. The number of benzene rings is 1. The van der Waals surface area contributed by atoms with E-state index in [9.17, 15) is 9.90 Å². The van der Waals surface area contributed by atoms with Gasteiger partial charge in [-0.25, -0.2) is 4.79 Å².